The summed E-state index contributed by atoms with van der Waals surface area (Å²) < 4.78 is 29.1. The third-order valence-electron chi connectivity index (χ3n) is 7.00. The zero-order valence-electron chi connectivity index (χ0n) is 16.9. The Hall–Kier alpha value is -1.96. The normalized spacial score (nSPS) is 27.7. The molecule has 2 fully saturated rings. The van der Waals surface area contributed by atoms with E-state index in [2.05, 4.69) is 19.1 Å². The maximum Gasteiger partial charge on any atom is 0.131 e. The molecular weight excluding hydrogens is 350 g/mol. The second-order valence-corrected chi connectivity index (χ2v) is 8.85. The van der Waals surface area contributed by atoms with E-state index < -0.39 is 0 Å². The molecule has 0 amide bonds. The molecule has 0 saturated heterocycles. The maximum atomic E-state index is 14.9. The standard InChI is InChI=1S/C26H30F2/c1-3-4-18-6-7-20-15-21(9-8-19(20)14-18)22-10-12-24(26(28)16-22)23-11-5-17(2)13-25(23)27/h3-5,10-13,16,18-21H,6-9,14-15H2,1-2H3/b4-3+. The van der Waals surface area contributed by atoms with Gasteiger partial charge in [0.15, 0.2) is 0 Å². The highest BCUT2D eigenvalue weighted by Crippen LogP contribution is 2.48. The van der Waals surface area contributed by atoms with Gasteiger partial charge in [-0.05, 0) is 99.3 Å². The predicted molar refractivity (Wildman–Crippen MR) is 112 cm³/mol. The lowest BCUT2D eigenvalue weighted by atomic mass is 9.64. The van der Waals surface area contributed by atoms with Crippen molar-refractivity contribution in [1.82, 2.24) is 0 Å². The Balaban J connectivity index is 1.49. The van der Waals surface area contributed by atoms with Crippen LogP contribution in [0.1, 0.15) is 62.5 Å². The molecule has 148 valence electrons. The number of hydrogen-bond donors (Lipinski definition) is 0. The van der Waals surface area contributed by atoms with Crippen molar-refractivity contribution in [2.45, 2.75) is 58.3 Å². The number of hydrogen-bond acceptors (Lipinski definition) is 0. The molecule has 28 heavy (non-hydrogen) atoms. The molecule has 0 aromatic heterocycles. The molecule has 0 radical (unpaired) electrons. The van der Waals surface area contributed by atoms with E-state index in [1.165, 1.54) is 38.2 Å². The SMILES string of the molecule is C/C=C/C1CCC2CC(c3ccc(-c4ccc(C)cc4F)c(F)c3)CCC2C1. The molecule has 0 aliphatic heterocycles. The van der Waals surface area contributed by atoms with E-state index in [4.69, 9.17) is 0 Å². The monoisotopic (exact) mass is 380 g/mol. The topological polar surface area (TPSA) is 0 Å². The molecule has 4 unspecified atom stereocenters. The summed E-state index contributed by atoms with van der Waals surface area (Å²) in [7, 11) is 0. The number of halogens is 2. The number of allylic oxidation sites excluding steroid dienone is 2. The Morgan fingerprint density at radius 3 is 2.21 bits per heavy atom. The Labute approximate surface area is 167 Å². The van der Waals surface area contributed by atoms with Gasteiger partial charge in [0.05, 0.1) is 0 Å². The number of fused-ring (bicyclic) bond motifs is 1. The molecule has 2 aliphatic rings. The van der Waals surface area contributed by atoms with Crippen LogP contribution in [0.5, 0.6) is 0 Å². The van der Waals surface area contributed by atoms with Gasteiger partial charge in [0.25, 0.3) is 0 Å². The van der Waals surface area contributed by atoms with Crippen LogP contribution in [-0.2, 0) is 0 Å². The first-order valence-electron chi connectivity index (χ1n) is 10.7. The Bertz CT molecular complexity index is 867. The number of aryl methyl sites for hydroxylation is 1. The minimum absolute atomic E-state index is 0.306. The molecule has 0 N–H and O–H groups in total. The van der Waals surface area contributed by atoms with E-state index in [0.29, 0.717) is 17.0 Å². The minimum Gasteiger partial charge on any atom is -0.206 e. The van der Waals surface area contributed by atoms with E-state index >= 15 is 0 Å². The van der Waals surface area contributed by atoms with Crippen molar-refractivity contribution in [3.05, 3.63) is 71.3 Å². The van der Waals surface area contributed by atoms with Crippen LogP contribution in [0.4, 0.5) is 8.78 Å². The first-order valence-corrected chi connectivity index (χ1v) is 10.7. The van der Waals surface area contributed by atoms with Gasteiger partial charge in [0.1, 0.15) is 11.6 Å². The lowest BCUT2D eigenvalue weighted by Crippen LogP contribution is -2.30. The smallest absolute Gasteiger partial charge is 0.131 e. The van der Waals surface area contributed by atoms with Crippen LogP contribution in [0.2, 0.25) is 0 Å². The Morgan fingerprint density at radius 1 is 0.821 bits per heavy atom. The first-order chi connectivity index (χ1) is 13.5. The van der Waals surface area contributed by atoms with Gasteiger partial charge in [-0.2, -0.15) is 0 Å². The van der Waals surface area contributed by atoms with Crippen molar-refractivity contribution >= 4 is 0 Å². The molecule has 0 heterocycles. The van der Waals surface area contributed by atoms with E-state index in [9.17, 15) is 8.78 Å². The van der Waals surface area contributed by atoms with Crippen LogP contribution in [-0.4, -0.2) is 0 Å². The fourth-order valence-electron chi connectivity index (χ4n) is 5.52. The van der Waals surface area contributed by atoms with Crippen molar-refractivity contribution in [3.8, 4) is 11.1 Å². The van der Waals surface area contributed by atoms with Gasteiger partial charge in [0, 0.05) is 11.1 Å². The molecule has 0 bridgehead atoms. The van der Waals surface area contributed by atoms with Crippen LogP contribution in [0, 0.1) is 36.3 Å². The summed E-state index contributed by atoms with van der Waals surface area (Å²) in [5.74, 6) is 2.13. The first kappa shape index (κ1) is 19.4. The second kappa shape index (κ2) is 8.19. The molecule has 2 aromatic carbocycles. The molecule has 0 nitrogen and oxygen atoms in total. The van der Waals surface area contributed by atoms with Gasteiger partial charge < -0.3 is 0 Å². The van der Waals surface area contributed by atoms with Crippen molar-refractivity contribution in [2.75, 3.05) is 0 Å². The molecule has 4 atom stereocenters. The summed E-state index contributed by atoms with van der Waals surface area (Å²) in [5, 5.41) is 0. The quantitative estimate of drug-likeness (QED) is 0.476. The zero-order valence-corrected chi connectivity index (χ0v) is 16.9. The molecule has 2 heteroatoms. The fourth-order valence-corrected chi connectivity index (χ4v) is 5.52. The van der Waals surface area contributed by atoms with Gasteiger partial charge in [-0.1, -0.05) is 36.4 Å². The Morgan fingerprint density at radius 2 is 1.50 bits per heavy atom. The summed E-state index contributed by atoms with van der Waals surface area (Å²) in [6.07, 6.45) is 12.0. The van der Waals surface area contributed by atoms with Gasteiger partial charge in [-0.3, -0.25) is 0 Å². The third-order valence-corrected chi connectivity index (χ3v) is 7.00. The molecule has 2 saturated carbocycles. The van der Waals surface area contributed by atoms with E-state index in [-0.39, 0.29) is 11.6 Å². The van der Waals surface area contributed by atoms with Gasteiger partial charge >= 0.3 is 0 Å². The van der Waals surface area contributed by atoms with Crippen molar-refractivity contribution in [3.63, 3.8) is 0 Å². The highest BCUT2D eigenvalue weighted by Gasteiger charge is 2.35. The summed E-state index contributed by atoms with van der Waals surface area (Å²) in [6.45, 7) is 3.96. The number of benzene rings is 2. The van der Waals surface area contributed by atoms with Gasteiger partial charge in [-0.15, -0.1) is 0 Å². The van der Waals surface area contributed by atoms with Crippen LogP contribution < -0.4 is 0 Å². The third kappa shape index (κ3) is 3.92. The average molecular weight is 381 g/mol. The minimum atomic E-state index is -0.356. The summed E-state index contributed by atoms with van der Waals surface area (Å²) in [6, 6.07) is 10.4. The summed E-state index contributed by atoms with van der Waals surface area (Å²) in [4.78, 5) is 0. The van der Waals surface area contributed by atoms with Crippen LogP contribution in [0.25, 0.3) is 11.1 Å². The molecule has 2 aliphatic carbocycles. The summed E-state index contributed by atoms with van der Waals surface area (Å²) >= 11 is 0. The zero-order chi connectivity index (χ0) is 19.7. The number of rotatable bonds is 3. The fraction of sp³-hybridized carbons (Fsp3) is 0.462. The van der Waals surface area contributed by atoms with Crippen molar-refractivity contribution in [1.29, 1.82) is 0 Å². The van der Waals surface area contributed by atoms with Crippen molar-refractivity contribution < 1.29 is 8.78 Å². The Kier molecular flexibility index (Phi) is 5.66. The highest BCUT2D eigenvalue weighted by atomic mass is 19.1. The van der Waals surface area contributed by atoms with Crippen LogP contribution >= 0.6 is 0 Å². The van der Waals surface area contributed by atoms with Crippen LogP contribution in [0.3, 0.4) is 0 Å². The second-order valence-electron chi connectivity index (χ2n) is 8.85. The largest absolute Gasteiger partial charge is 0.206 e. The van der Waals surface area contributed by atoms with E-state index in [1.54, 1.807) is 18.2 Å². The summed E-state index contributed by atoms with van der Waals surface area (Å²) in [5.41, 5.74) is 2.64. The highest BCUT2D eigenvalue weighted by molar-refractivity contribution is 5.65. The van der Waals surface area contributed by atoms with Crippen molar-refractivity contribution in [2.24, 2.45) is 17.8 Å². The molecule has 2 aromatic rings. The maximum absolute atomic E-state index is 14.9. The molecule has 0 spiro atoms. The van der Waals surface area contributed by atoms with Gasteiger partial charge in [0.2, 0.25) is 0 Å². The average Bonchev–Trinajstić information content (AvgIpc) is 2.68. The van der Waals surface area contributed by atoms with E-state index in [1.807, 2.05) is 19.1 Å². The molecular formula is C26H30F2. The predicted octanol–water partition coefficient (Wildman–Crippen LogP) is 7.82. The van der Waals surface area contributed by atoms with Gasteiger partial charge in [-0.25, -0.2) is 8.78 Å². The van der Waals surface area contributed by atoms with Crippen LogP contribution in [0.15, 0.2) is 48.6 Å². The lowest BCUT2D eigenvalue weighted by Gasteiger charge is -2.41. The van der Waals surface area contributed by atoms with E-state index in [0.717, 1.165) is 35.3 Å². The molecule has 4 rings (SSSR count). The lowest BCUT2D eigenvalue weighted by molar-refractivity contribution is 0.133.